The second-order valence-corrected chi connectivity index (χ2v) is 3.42. The fourth-order valence-corrected chi connectivity index (χ4v) is 1.15. The van der Waals surface area contributed by atoms with Gasteiger partial charge in [-0.15, -0.1) is 0 Å². The Morgan fingerprint density at radius 2 is 2.27 bits per heavy atom. The molecule has 0 aliphatic carbocycles. The zero-order valence-electron chi connectivity index (χ0n) is 8.88. The minimum atomic E-state index is -0.548. The van der Waals surface area contributed by atoms with Gasteiger partial charge < -0.3 is 11.1 Å². The Hall–Kier alpha value is -1.42. The highest BCUT2D eigenvalue weighted by Crippen LogP contribution is 2.17. The number of carbonyl (C=O) groups is 1. The smallest absolute Gasteiger partial charge is 0.241 e. The molecule has 0 unspecified atom stereocenters. The van der Waals surface area contributed by atoms with Gasteiger partial charge in [-0.25, -0.2) is 4.39 Å². The van der Waals surface area contributed by atoms with E-state index < -0.39 is 6.04 Å². The molecule has 0 aliphatic rings. The molecule has 0 aliphatic heterocycles. The monoisotopic (exact) mass is 210 g/mol. The third-order valence-corrected chi connectivity index (χ3v) is 2.30. The van der Waals surface area contributed by atoms with Gasteiger partial charge in [-0.2, -0.15) is 0 Å². The molecule has 3 N–H and O–H groups in total. The number of halogens is 1. The van der Waals surface area contributed by atoms with Crippen LogP contribution in [0.3, 0.4) is 0 Å². The Morgan fingerprint density at radius 1 is 1.60 bits per heavy atom. The predicted molar refractivity (Wildman–Crippen MR) is 58.0 cm³/mol. The van der Waals surface area contributed by atoms with E-state index in [1.807, 2.05) is 6.92 Å². The van der Waals surface area contributed by atoms with Crippen LogP contribution in [0.15, 0.2) is 18.2 Å². The van der Waals surface area contributed by atoms with E-state index in [4.69, 9.17) is 5.73 Å². The van der Waals surface area contributed by atoms with Gasteiger partial charge in [-0.05, 0) is 25.5 Å². The summed E-state index contributed by atoms with van der Waals surface area (Å²) in [7, 11) is 0. The summed E-state index contributed by atoms with van der Waals surface area (Å²) in [6, 6.07) is 4.01. The normalized spacial score (nSPS) is 12.3. The molecule has 0 saturated heterocycles. The van der Waals surface area contributed by atoms with Crippen molar-refractivity contribution in [1.82, 2.24) is 0 Å². The van der Waals surface area contributed by atoms with Crippen molar-refractivity contribution in [2.45, 2.75) is 26.3 Å². The lowest BCUT2D eigenvalue weighted by Gasteiger charge is -2.12. The van der Waals surface area contributed by atoms with Crippen molar-refractivity contribution in [2.75, 3.05) is 5.32 Å². The second kappa shape index (κ2) is 4.89. The first-order valence-corrected chi connectivity index (χ1v) is 4.87. The Morgan fingerprint density at radius 3 is 2.87 bits per heavy atom. The SMILES string of the molecule is CC[C@H](N)C(=O)Nc1cccc(F)c1C. The third-order valence-electron chi connectivity index (χ3n) is 2.30. The molecule has 1 aromatic rings. The molecular weight excluding hydrogens is 195 g/mol. The number of nitrogens with two attached hydrogens (primary N) is 1. The highest BCUT2D eigenvalue weighted by Gasteiger charge is 2.12. The summed E-state index contributed by atoms with van der Waals surface area (Å²) in [6.07, 6.45) is 0.556. The molecule has 1 amide bonds. The Bertz CT molecular complexity index is 366. The molecule has 15 heavy (non-hydrogen) atoms. The average molecular weight is 210 g/mol. The predicted octanol–water partition coefficient (Wildman–Crippen LogP) is 1.81. The van der Waals surface area contributed by atoms with Crippen LogP contribution in [0.4, 0.5) is 10.1 Å². The summed E-state index contributed by atoms with van der Waals surface area (Å²) in [5.74, 6) is -0.621. The van der Waals surface area contributed by atoms with E-state index in [2.05, 4.69) is 5.32 Å². The van der Waals surface area contributed by atoms with E-state index in [0.29, 0.717) is 17.7 Å². The van der Waals surface area contributed by atoms with Gasteiger partial charge in [0.25, 0.3) is 0 Å². The minimum absolute atomic E-state index is 0.286. The molecular formula is C11H15FN2O. The molecule has 82 valence electrons. The maximum atomic E-state index is 13.1. The van der Waals surface area contributed by atoms with Crippen LogP contribution >= 0.6 is 0 Å². The summed E-state index contributed by atoms with van der Waals surface area (Å²) < 4.78 is 13.1. The first-order valence-electron chi connectivity index (χ1n) is 4.87. The zero-order chi connectivity index (χ0) is 11.4. The number of amides is 1. The quantitative estimate of drug-likeness (QED) is 0.799. The third kappa shape index (κ3) is 2.76. The summed E-state index contributed by atoms with van der Waals surface area (Å²) in [6.45, 7) is 3.44. The molecule has 0 bridgehead atoms. The van der Waals surface area contributed by atoms with E-state index in [-0.39, 0.29) is 11.7 Å². The Kier molecular flexibility index (Phi) is 3.80. The fourth-order valence-electron chi connectivity index (χ4n) is 1.15. The van der Waals surface area contributed by atoms with E-state index in [0.717, 1.165) is 0 Å². The van der Waals surface area contributed by atoms with Crippen molar-refractivity contribution < 1.29 is 9.18 Å². The first kappa shape index (κ1) is 11.7. The molecule has 1 aromatic carbocycles. The highest BCUT2D eigenvalue weighted by molar-refractivity contribution is 5.95. The standard InChI is InChI=1S/C11H15FN2O/c1-3-9(13)11(15)14-10-6-4-5-8(12)7(10)2/h4-6,9H,3,13H2,1-2H3,(H,14,15)/t9-/m0/s1. The van der Waals surface area contributed by atoms with Crippen LogP contribution in [-0.4, -0.2) is 11.9 Å². The topological polar surface area (TPSA) is 55.1 Å². The van der Waals surface area contributed by atoms with Gasteiger partial charge in [-0.3, -0.25) is 4.79 Å². The number of rotatable bonds is 3. The van der Waals surface area contributed by atoms with Crippen LogP contribution < -0.4 is 11.1 Å². The lowest BCUT2D eigenvalue weighted by Crippen LogP contribution is -2.35. The van der Waals surface area contributed by atoms with Crippen molar-refractivity contribution in [3.63, 3.8) is 0 Å². The molecule has 4 heteroatoms. The summed E-state index contributed by atoms with van der Waals surface area (Å²) in [5, 5.41) is 2.60. The summed E-state index contributed by atoms with van der Waals surface area (Å²) in [4.78, 5) is 11.4. The van der Waals surface area contributed by atoms with Crippen molar-refractivity contribution in [3.05, 3.63) is 29.6 Å². The number of benzene rings is 1. The molecule has 0 fully saturated rings. The van der Waals surface area contributed by atoms with Gasteiger partial charge >= 0.3 is 0 Å². The first-order chi connectivity index (χ1) is 7.06. The molecule has 0 spiro atoms. The van der Waals surface area contributed by atoms with Crippen molar-refractivity contribution in [2.24, 2.45) is 5.73 Å². The van der Waals surface area contributed by atoms with Crippen molar-refractivity contribution in [1.29, 1.82) is 0 Å². The molecule has 1 atom stereocenters. The highest BCUT2D eigenvalue weighted by atomic mass is 19.1. The van der Waals surface area contributed by atoms with Crippen LogP contribution in [-0.2, 0) is 4.79 Å². The summed E-state index contributed by atoms with van der Waals surface area (Å²) >= 11 is 0. The van der Waals surface area contributed by atoms with Gasteiger partial charge in [0, 0.05) is 11.3 Å². The van der Waals surface area contributed by atoms with Gasteiger partial charge in [0.1, 0.15) is 5.82 Å². The summed E-state index contributed by atoms with van der Waals surface area (Å²) in [5.41, 5.74) is 6.45. The van der Waals surface area contributed by atoms with Crippen LogP contribution in [0.5, 0.6) is 0 Å². The van der Waals surface area contributed by atoms with Crippen molar-refractivity contribution >= 4 is 11.6 Å². The van der Waals surface area contributed by atoms with Crippen LogP contribution in [0.2, 0.25) is 0 Å². The number of hydrogen-bond acceptors (Lipinski definition) is 2. The largest absolute Gasteiger partial charge is 0.324 e. The van der Waals surface area contributed by atoms with Crippen LogP contribution in [0, 0.1) is 12.7 Å². The molecule has 0 heterocycles. The second-order valence-electron chi connectivity index (χ2n) is 3.42. The Balaban J connectivity index is 2.81. The molecule has 3 nitrogen and oxygen atoms in total. The lowest BCUT2D eigenvalue weighted by molar-refractivity contribution is -0.117. The number of anilines is 1. The van der Waals surface area contributed by atoms with Crippen molar-refractivity contribution in [3.8, 4) is 0 Å². The van der Waals surface area contributed by atoms with Gasteiger partial charge in [0.05, 0.1) is 6.04 Å². The number of hydrogen-bond donors (Lipinski definition) is 2. The average Bonchev–Trinajstić information content (AvgIpc) is 2.23. The van der Waals surface area contributed by atoms with E-state index in [1.165, 1.54) is 6.07 Å². The molecule has 0 aromatic heterocycles. The van der Waals surface area contributed by atoms with Gasteiger partial charge in [-0.1, -0.05) is 13.0 Å². The fraction of sp³-hybridized carbons (Fsp3) is 0.364. The lowest BCUT2D eigenvalue weighted by atomic mass is 10.1. The zero-order valence-corrected chi connectivity index (χ0v) is 8.88. The minimum Gasteiger partial charge on any atom is -0.324 e. The number of carbonyl (C=O) groups excluding carboxylic acids is 1. The molecule has 0 radical (unpaired) electrons. The molecule has 1 rings (SSSR count). The number of nitrogens with one attached hydrogen (secondary N) is 1. The van der Waals surface area contributed by atoms with Crippen LogP contribution in [0.25, 0.3) is 0 Å². The Labute approximate surface area is 88.5 Å². The van der Waals surface area contributed by atoms with E-state index in [1.54, 1.807) is 19.1 Å². The molecule has 0 saturated carbocycles. The van der Waals surface area contributed by atoms with Crippen LogP contribution in [0.1, 0.15) is 18.9 Å². The van der Waals surface area contributed by atoms with Gasteiger partial charge in [0.2, 0.25) is 5.91 Å². The van der Waals surface area contributed by atoms with E-state index in [9.17, 15) is 9.18 Å². The van der Waals surface area contributed by atoms with E-state index >= 15 is 0 Å². The van der Waals surface area contributed by atoms with Gasteiger partial charge in [0.15, 0.2) is 0 Å². The maximum absolute atomic E-state index is 13.1. The maximum Gasteiger partial charge on any atom is 0.241 e.